The fourth-order valence-electron chi connectivity index (χ4n) is 1.70. The van der Waals surface area contributed by atoms with Crippen molar-refractivity contribution in [3.63, 3.8) is 0 Å². The van der Waals surface area contributed by atoms with Crippen LogP contribution in [0.3, 0.4) is 0 Å². The fraction of sp³-hybridized carbons (Fsp3) is 0.667. The molecule has 1 rings (SSSR count). The second kappa shape index (κ2) is 6.29. The zero-order valence-corrected chi connectivity index (χ0v) is 10.3. The summed E-state index contributed by atoms with van der Waals surface area (Å²) in [4.78, 5) is 0. The van der Waals surface area contributed by atoms with Crippen molar-refractivity contribution in [2.24, 2.45) is 7.05 Å². The van der Waals surface area contributed by atoms with Gasteiger partial charge in [0.05, 0.1) is 12.3 Å². The molecule has 0 spiro atoms. The van der Waals surface area contributed by atoms with E-state index >= 15 is 0 Å². The number of aromatic nitrogens is 2. The van der Waals surface area contributed by atoms with E-state index in [1.165, 1.54) is 11.3 Å². The zero-order valence-electron chi connectivity index (χ0n) is 10.3. The van der Waals surface area contributed by atoms with Crippen LogP contribution >= 0.6 is 0 Å². The second-order valence-corrected chi connectivity index (χ2v) is 4.10. The Hall–Kier alpha value is -1.34. The average molecular weight is 220 g/mol. The maximum Gasteiger partial charge on any atom is 0.0621 e. The predicted molar refractivity (Wildman–Crippen MR) is 63.8 cm³/mol. The van der Waals surface area contributed by atoms with Crippen molar-refractivity contribution in [3.8, 4) is 6.07 Å². The summed E-state index contributed by atoms with van der Waals surface area (Å²) in [6.07, 6.45) is 4.60. The molecule has 0 bridgehead atoms. The first-order valence-corrected chi connectivity index (χ1v) is 5.75. The van der Waals surface area contributed by atoms with E-state index in [2.05, 4.69) is 30.3 Å². The van der Waals surface area contributed by atoms with E-state index < -0.39 is 0 Å². The zero-order chi connectivity index (χ0) is 12.0. The molecular weight excluding hydrogens is 200 g/mol. The number of nitriles is 1. The molecule has 0 radical (unpaired) electrons. The first kappa shape index (κ1) is 12.7. The molecule has 4 heteroatoms. The largest absolute Gasteiger partial charge is 0.310 e. The third-order valence-corrected chi connectivity index (χ3v) is 2.91. The van der Waals surface area contributed by atoms with Gasteiger partial charge in [-0.15, -0.1) is 0 Å². The van der Waals surface area contributed by atoms with E-state index in [0.29, 0.717) is 12.5 Å². The van der Waals surface area contributed by atoms with Crippen molar-refractivity contribution in [2.45, 2.75) is 39.2 Å². The Balaban J connectivity index is 2.33. The number of nitrogens with one attached hydrogen (secondary N) is 1. The van der Waals surface area contributed by atoms with Gasteiger partial charge in [0.25, 0.3) is 0 Å². The summed E-state index contributed by atoms with van der Waals surface area (Å²) < 4.78 is 1.89. The SMILES string of the molecule is Cc1c(C(C)NCCCCC#N)cnn1C. The molecule has 0 fully saturated rings. The Morgan fingerprint density at radius 1 is 1.56 bits per heavy atom. The Kier molecular flexibility index (Phi) is 5.00. The minimum absolute atomic E-state index is 0.329. The number of hydrogen-bond acceptors (Lipinski definition) is 3. The van der Waals surface area contributed by atoms with Gasteiger partial charge in [-0.3, -0.25) is 4.68 Å². The summed E-state index contributed by atoms with van der Waals surface area (Å²) in [5.74, 6) is 0. The highest BCUT2D eigenvalue weighted by atomic mass is 15.3. The third kappa shape index (κ3) is 3.35. The van der Waals surface area contributed by atoms with Gasteiger partial charge < -0.3 is 5.32 Å². The molecular formula is C12H20N4. The van der Waals surface area contributed by atoms with Crippen molar-refractivity contribution >= 4 is 0 Å². The molecule has 1 atom stereocenters. The van der Waals surface area contributed by atoms with Gasteiger partial charge in [0.15, 0.2) is 0 Å². The molecule has 0 aromatic carbocycles. The quantitative estimate of drug-likeness (QED) is 0.747. The van der Waals surface area contributed by atoms with E-state index in [1.54, 1.807) is 0 Å². The van der Waals surface area contributed by atoms with E-state index in [0.717, 1.165) is 19.4 Å². The molecule has 1 aromatic rings. The topological polar surface area (TPSA) is 53.6 Å². The van der Waals surface area contributed by atoms with Gasteiger partial charge in [0, 0.05) is 30.8 Å². The van der Waals surface area contributed by atoms with Crippen molar-refractivity contribution in [3.05, 3.63) is 17.5 Å². The summed E-state index contributed by atoms with van der Waals surface area (Å²) in [5.41, 5.74) is 2.46. The van der Waals surface area contributed by atoms with E-state index in [9.17, 15) is 0 Å². The van der Waals surface area contributed by atoms with Crippen molar-refractivity contribution in [1.82, 2.24) is 15.1 Å². The molecule has 1 heterocycles. The maximum absolute atomic E-state index is 8.41. The first-order valence-electron chi connectivity index (χ1n) is 5.75. The highest BCUT2D eigenvalue weighted by Gasteiger charge is 2.10. The highest BCUT2D eigenvalue weighted by molar-refractivity contribution is 5.19. The number of nitrogens with zero attached hydrogens (tertiary/aromatic N) is 3. The molecule has 1 N–H and O–H groups in total. The predicted octanol–water partition coefficient (Wildman–Crippen LogP) is 2.07. The van der Waals surface area contributed by atoms with Crippen LogP contribution in [0.4, 0.5) is 0 Å². The summed E-state index contributed by atoms with van der Waals surface area (Å²) in [6, 6.07) is 2.49. The lowest BCUT2D eigenvalue weighted by molar-refractivity contribution is 0.546. The minimum atomic E-state index is 0.329. The van der Waals surface area contributed by atoms with Crippen LogP contribution < -0.4 is 5.32 Å². The van der Waals surface area contributed by atoms with Crippen LogP contribution in [0.25, 0.3) is 0 Å². The lowest BCUT2D eigenvalue weighted by Gasteiger charge is -2.13. The highest BCUT2D eigenvalue weighted by Crippen LogP contribution is 2.15. The third-order valence-electron chi connectivity index (χ3n) is 2.91. The van der Waals surface area contributed by atoms with Crippen LogP contribution in [0.2, 0.25) is 0 Å². The van der Waals surface area contributed by atoms with Gasteiger partial charge in [0.1, 0.15) is 0 Å². The molecule has 0 saturated heterocycles. The lowest BCUT2D eigenvalue weighted by atomic mass is 10.1. The molecule has 4 nitrogen and oxygen atoms in total. The van der Waals surface area contributed by atoms with Gasteiger partial charge in [-0.25, -0.2) is 0 Å². The molecule has 0 aliphatic carbocycles. The van der Waals surface area contributed by atoms with Gasteiger partial charge in [0.2, 0.25) is 0 Å². The molecule has 0 saturated carbocycles. The van der Waals surface area contributed by atoms with Crippen LogP contribution in [0.5, 0.6) is 0 Å². The number of aryl methyl sites for hydroxylation is 1. The fourth-order valence-corrected chi connectivity index (χ4v) is 1.70. The number of unbranched alkanes of at least 4 members (excludes halogenated alkanes) is 2. The van der Waals surface area contributed by atoms with Crippen molar-refractivity contribution < 1.29 is 0 Å². The molecule has 1 unspecified atom stereocenters. The van der Waals surface area contributed by atoms with E-state index in [-0.39, 0.29) is 0 Å². The summed E-state index contributed by atoms with van der Waals surface area (Å²) in [6.45, 7) is 5.18. The Labute approximate surface area is 97.3 Å². The number of hydrogen-bond donors (Lipinski definition) is 1. The van der Waals surface area contributed by atoms with Gasteiger partial charge in [-0.05, 0) is 33.2 Å². The van der Waals surface area contributed by atoms with Gasteiger partial charge >= 0.3 is 0 Å². The van der Waals surface area contributed by atoms with Crippen LogP contribution in [-0.2, 0) is 7.05 Å². The van der Waals surface area contributed by atoms with Crippen LogP contribution in [0, 0.1) is 18.3 Å². The van der Waals surface area contributed by atoms with Crippen LogP contribution in [-0.4, -0.2) is 16.3 Å². The van der Waals surface area contributed by atoms with Crippen LogP contribution in [0.1, 0.15) is 43.5 Å². The molecule has 0 aliphatic heterocycles. The number of rotatable bonds is 6. The van der Waals surface area contributed by atoms with Gasteiger partial charge in [-0.2, -0.15) is 10.4 Å². The second-order valence-electron chi connectivity index (χ2n) is 4.10. The van der Waals surface area contributed by atoms with E-state index in [4.69, 9.17) is 5.26 Å². The lowest BCUT2D eigenvalue weighted by Crippen LogP contribution is -2.20. The molecule has 16 heavy (non-hydrogen) atoms. The summed E-state index contributed by atoms with van der Waals surface area (Å²) >= 11 is 0. The Bertz CT molecular complexity index is 362. The van der Waals surface area contributed by atoms with Gasteiger partial charge in [-0.1, -0.05) is 0 Å². The molecule has 0 aliphatic rings. The van der Waals surface area contributed by atoms with E-state index in [1.807, 2.05) is 17.9 Å². The monoisotopic (exact) mass is 220 g/mol. The van der Waals surface area contributed by atoms with Crippen LogP contribution in [0.15, 0.2) is 6.20 Å². The van der Waals surface area contributed by atoms with Crippen molar-refractivity contribution in [1.29, 1.82) is 5.26 Å². The smallest absolute Gasteiger partial charge is 0.0621 e. The Morgan fingerprint density at radius 2 is 2.31 bits per heavy atom. The standard InChI is InChI=1S/C12H20N4/c1-10(14-8-6-4-5-7-13)12-9-15-16(3)11(12)2/h9-10,14H,4-6,8H2,1-3H3. The average Bonchev–Trinajstić information content (AvgIpc) is 2.59. The summed E-state index contributed by atoms with van der Waals surface area (Å²) in [5, 5.41) is 16.1. The normalized spacial score (nSPS) is 12.4. The molecule has 0 amide bonds. The Morgan fingerprint density at radius 3 is 2.88 bits per heavy atom. The minimum Gasteiger partial charge on any atom is -0.310 e. The molecule has 88 valence electrons. The van der Waals surface area contributed by atoms with Crippen molar-refractivity contribution in [2.75, 3.05) is 6.54 Å². The first-order chi connectivity index (χ1) is 7.66. The maximum atomic E-state index is 8.41. The summed E-state index contributed by atoms with van der Waals surface area (Å²) in [7, 11) is 1.96. The molecule has 1 aromatic heterocycles.